The molecule has 224 valence electrons. The van der Waals surface area contributed by atoms with E-state index in [0.29, 0.717) is 24.2 Å². The van der Waals surface area contributed by atoms with Crippen molar-refractivity contribution in [3.63, 3.8) is 0 Å². The van der Waals surface area contributed by atoms with Crippen LogP contribution in [0.4, 0.5) is 14.4 Å². The second-order valence-electron chi connectivity index (χ2n) is 8.91. The van der Waals surface area contributed by atoms with Crippen molar-refractivity contribution in [3.05, 3.63) is 54.1 Å². The average molecular weight is 576 g/mol. The highest BCUT2D eigenvalue weighted by atomic mass is 16.8. The molecule has 0 aliphatic rings. The summed E-state index contributed by atoms with van der Waals surface area (Å²) in [6, 6.07) is 12.0. The third-order valence-corrected chi connectivity index (χ3v) is 5.72. The Kier molecular flexibility index (Phi) is 13.9. The van der Waals surface area contributed by atoms with Crippen LogP contribution in [0.25, 0.3) is 0 Å². The summed E-state index contributed by atoms with van der Waals surface area (Å²) in [6.45, 7) is 7.13. The van der Waals surface area contributed by atoms with E-state index < -0.39 is 36.6 Å². The third kappa shape index (κ3) is 12.2. The third-order valence-electron chi connectivity index (χ3n) is 5.72. The molecule has 0 bridgehead atoms. The van der Waals surface area contributed by atoms with E-state index in [1.807, 2.05) is 13.8 Å². The standard InChI is InChI=1S/C29H37NO11/c1-6-19(3)37-28(33)40-24-14-13-21(18-25(24)41-29(34)38-20(4)7-2)17-23(26(31)35-5)30-15-16-36-27(32)39-22-11-9-8-10-12-22/h8-14,18-20,23,30H,6-7,15-17H2,1-5H3/t19?,20?,23-/m0/s1. The maximum atomic E-state index is 12.4. The van der Waals surface area contributed by atoms with Crippen LogP contribution in [0.2, 0.25) is 0 Å². The fourth-order valence-electron chi connectivity index (χ4n) is 3.16. The number of hydrogen-bond donors (Lipinski definition) is 1. The Morgan fingerprint density at radius 2 is 1.39 bits per heavy atom. The lowest BCUT2D eigenvalue weighted by atomic mass is 10.1. The molecule has 0 fully saturated rings. The molecular formula is C29H37NO11. The molecule has 12 nitrogen and oxygen atoms in total. The van der Waals surface area contributed by atoms with Crippen LogP contribution in [0.5, 0.6) is 17.2 Å². The van der Waals surface area contributed by atoms with Gasteiger partial charge in [0, 0.05) is 6.54 Å². The Hall–Kier alpha value is -4.32. The van der Waals surface area contributed by atoms with Gasteiger partial charge in [0.2, 0.25) is 0 Å². The second kappa shape index (κ2) is 17.4. The topological polar surface area (TPSA) is 145 Å². The van der Waals surface area contributed by atoms with Gasteiger partial charge in [-0.15, -0.1) is 0 Å². The number of benzene rings is 2. The summed E-state index contributed by atoms with van der Waals surface area (Å²) in [5, 5.41) is 2.96. The van der Waals surface area contributed by atoms with Gasteiger partial charge in [-0.2, -0.15) is 0 Å². The molecule has 0 radical (unpaired) electrons. The molecule has 0 saturated heterocycles. The van der Waals surface area contributed by atoms with Gasteiger partial charge >= 0.3 is 24.4 Å². The Bertz CT molecular complexity index is 1140. The molecule has 0 spiro atoms. The quantitative estimate of drug-likeness (QED) is 0.137. The van der Waals surface area contributed by atoms with Gasteiger partial charge in [-0.1, -0.05) is 38.1 Å². The monoisotopic (exact) mass is 575 g/mol. The first kappa shape index (κ1) is 32.9. The molecule has 41 heavy (non-hydrogen) atoms. The summed E-state index contributed by atoms with van der Waals surface area (Å²) in [5.41, 5.74) is 0.534. The molecule has 2 aromatic carbocycles. The van der Waals surface area contributed by atoms with E-state index in [2.05, 4.69) is 5.32 Å². The Labute approximate surface area is 239 Å². The minimum Gasteiger partial charge on any atom is -0.468 e. The number of para-hydroxylation sites is 1. The largest absolute Gasteiger partial charge is 0.514 e. The molecule has 0 amide bonds. The van der Waals surface area contributed by atoms with Crippen molar-refractivity contribution in [2.75, 3.05) is 20.3 Å². The number of methoxy groups -OCH3 is 1. The fraction of sp³-hybridized carbons (Fsp3) is 0.448. The number of ether oxygens (including phenoxy) is 7. The number of esters is 1. The first-order chi connectivity index (χ1) is 19.6. The van der Waals surface area contributed by atoms with Crippen LogP contribution in [0.3, 0.4) is 0 Å². The molecule has 0 aromatic heterocycles. The van der Waals surface area contributed by atoms with Gasteiger partial charge in [-0.3, -0.25) is 4.79 Å². The lowest BCUT2D eigenvalue weighted by molar-refractivity contribution is -0.143. The van der Waals surface area contributed by atoms with Crippen LogP contribution in [-0.4, -0.2) is 62.9 Å². The summed E-state index contributed by atoms with van der Waals surface area (Å²) in [6.07, 6.45) is -2.37. The molecule has 0 heterocycles. The summed E-state index contributed by atoms with van der Waals surface area (Å²) in [4.78, 5) is 48.8. The fourth-order valence-corrected chi connectivity index (χ4v) is 3.16. The predicted octanol–water partition coefficient (Wildman–Crippen LogP) is 5.20. The second-order valence-corrected chi connectivity index (χ2v) is 8.91. The van der Waals surface area contributed by atoms with Crippen LogP contribution in [0.1, 0.15) is 46.1 Å². The summed E-state index contributed by atoms with van der Waals surface area (Å²) < 4.78 is 35.9. The predicted molar refractivity (Wildman–Crippen MR) is 146 cm³/mol. The number of hydrogen-bond acceptors (Lipinski definition) is 12. The van der Waals surface area contributed by atoms with Crippen LogP contribution < -0.4 is 19.5 Å². The van der Waals surface area contributed by atoms with Crippen LogP contribution in [-0.2, 0) is 30.2 Å². The van der Waals surface area contributed by atoms with E-state index in [1.54, 1.807) is 50.2 Å². The Morgan fingerprint density at radius 1 is 0.780 bits per heavy atom. The Morgan fingerprint density at radius 3 is 1.98 bits per heavy atom. The van der Waals surface area contributed by atoms with Gasteiger partial charge in [0.15, 0.2) is 11.5 Å². The van der Waals surface area contributed by atoms with Gasteiger partial charge < -0.3 is 38.5 Å². The van der Waals surface area contributed by atoms with Crippen molar-refractivity contribution in [1.29, 1.82) is 0 Å². The highest BCUT2D eigenvalue weighted by Crippen LogP contribution is 2.30. The average Bonchev–Trinajstić information content (AvgIpc) is 2.95. The van der Waals surface area contributed by atoms with E-state index in [1.165, 1.54) is 19.2 Å². The molecule has 0 aliphatic carbocycles. The van der Waals surface area contributed by atoms with E-state index in [4.69, 9.17) is 33.2 Å². The lowest BCUT2D eigenvalue weighted by Gasteiger charge is -2.18. The molecule has 1 N–H and O–H groups in total. The molecule has 2 aromatic rings. The van der Waals surface area contributed by atoms with E-state index in [0.717, 1.165) is 0 Å². The van der Waals surface area contributed by atoms with Crippen LogP contribution in [0.15, 0.2) is 48.5 Å². The molecular weight excluding hydrogens is 538 g/mol. The molecule has 3 atom stereocenters. The smallest absolute Gasteiger partial charge is 0.468 e. The first-order valence-corrected chi connectivity index (χ1v) is 13.3. The van der Waals surface area contributed by atoms with Crippen molar-refractivity contribution in [1.82, 2.24) is 5.32 Å². The van der Waals surface area contributed by atoms with Gasteiger partial charge in [-0.25, -0.2) is 14.4 Å². The summed E-state index contributed by atoms with van der Waals surface area (Å²) in [7, 11) is 1.24. The number of carbonyl (C=O) groups is 4. The van der Waals surface area contributed by atoms with Crippen molar-refractivity contribution < 1.29 is 52.3 Å². The Balaban J connectivity index is 2.09. The maximum Gasteiger partial charge on any atom is 0.514 e. The van der Waals surface area contributed by atoms with E-state index in [-0.39, 0.29) is 37.2 Å². The minimum absolute atomic E-state index is 0.0731. The van der Waals surface area contributed by atoms with Gasteiger partial charge in [-0.05, 0) is 62.9 Å². The normalized spacial score (nSPS) is 12.7. The van der Waals surface area contributed by atoms with Crippen molar-refractivity contribution in [2.45, 2.75) is 65.2 Å². The zero-order valence-corrected chi connectivity index (χ0v) is 23.9. The number of rotatable bonds is 14. The van der Waals surface area contributed by atoms with Crippen molar-refractivity contribution >= 4 is 24.4 Å². The lowest BCUT2D eigenvalue weighted by Crippen LogP contribution is -2.41. The van der Waals surface area contributed by atoms with Gasteiger partial charge in [0.1, 0.15) is 30.6 Å². The molecule has 12 heteroatoms. The highest BCUT2D eigenvalue weighted by molar-refractivity contribution is 5.76. The molecule has 2 rings (SSSR count). The van der Waals surface area contributed by atoms with Crippen molar-refractivity contribution in [2.24, 2.45) is 0 Å². The zero-order valence-electron chi connectivity index (χ0n) is 23.9. The van der Waals surface area contributed by atoms with Crippen LogP contribution >= 0.6 is 0 Å². The summed E-state index contributed by atoms with van der Waals surface area (Å²) in [5.74, 6) is -0.416. The molecule has 0 saturated carbocycles. The highest BCUT2D eigenvalue weighted by Gasteiger charge is 2.23. The number of carbonyl (C=O) groups excluding carboxylic acids is 4. The number of nitrogens with one attached hydrogen (secondary N) is 1. The molecule has 2 unspecified atom stereocenters. The van der Waals surface area contributed by atoms with Crippen LogP contribution in [0, 0.1) is 0 Å². The minimum atomic E-state index is -0.987. The van der Waals surface area contributed by atoms with E-state index in [9.17, 15) is 19.2 Å². The van der Waals surface area contributed by atoms with Gasteiger partial charge in [0.25, 0.3) is 0 Å². The first-order valence-electron chi connectivity index (χ1n) is 13.3. The molecule has 0 aliphatic heterocycles. The SMILES string of the molecule is CCC(C)OC(=O)Oc1ccc(C[C@H](NCCOC(=O)Oc2ccccc2)C(=O)OC)cc1OC(=O)OC(C)CC. The van der Waals surface area contributed by atoms with E-state index >= 15 is 0 Å². The van der Waals surface area contributed by atoms with Crippen molar-refractivity contribution in [3.8, 4) is 17.2 Å². The van der Waals surface area contributed by atoms with Gasteiger partial charge in [0.05, 0.1) is 7.11 Å². The zero-order chi connectivity index (χ0) is 30.2. The summed E-state index contributed by atoms with van der Waals surface area (Å²) >= 11 is 0. The maximum absolute atomic E-state index is 12.4.